The number of carboxylic acids is 1. The van der Waals surface area contributed by atoms with Gasteiger partial charge in [0.15, 0.2) is 0 Å². The number of aliphatic carboxylic acids is 1. The second-order valence-electron chi connectivity index (χ2n) is 13.9. The maximum Gasteiger partial charge on any atom is 0.305 e. The van der Waals surface area contributed by atoms with Crippen molar-refractivity contribution in [2.45, 2.75) is 72.4 Å². The summed E-state index contributed by atoms with van der Waals surface area (Å²) in [6.45, 7) is 14.5. The molecule has 3 rings (SSSR count). The molecule has 0 spiro atoms. The van der Waals surface area contributed by atoms with Gasteiger partial charge in [-0.25, -0.2) is 0 Å². The first-order valence-electron chi connectivity index (χ1n) is 18.3. The van der Waals surface area contributed by atoms with Crippen molar-refractivity contribution in [3.8, 4) is 11.1 Å². The summed E-state index contributed by atoms with van der Waals surface area (Å²) in [5.41, 5.74) is 6.78. The van der Waals surface area contributed by atoms with Crippen molar-refractivity contribution in [2.24, 2.45) is 5.92 Å². The average molecular weight is 722 g/mol. The number of aryl methyl sites for hydroxylation is 3. The molecule has 0 radical (unpaired) electrons. The minimum Gasteiger partial charge on any atom is -0.481 e. The van der Waals surface area contributed by atoms with Crippen molar-refractivity contribution < 1.29 is 34.0 Å². The van der Waals surface area contributed by atoms with Gasteiger partial charge >= 0.3 is 5.97 Å². The lowest BCUT2D eigenvalue weighted by Gasteiger charge is -2.25. The first-order valence-corrected chi connectivity index (χ1v) is 18.3. The maximum absolute atomic E-state index is 14.0. The van der Waals surface area contributed by atoms with E-state index in [1.165, 1.54) is 10.1 Å². The Labute approximate surface area is 308 Å². The SMILES string of the molecule is Cc1cc(C)c(-c2cccc(C(CC(=O)O)NC(=O)C(CCC(C)C)n3ccc(CCN(C)CCOCCOCCOCCO)cc3=O)c2)c(C)c1. The number of aromatic nitrogens is 1. The molecule has 2 atom stereocenters. The number of amides is 1. The Bertz CT molecular complexity index is 1600. The summed E-state index contributed by atoms with van der Waals surface area (Å²) >= 11 is 0. The smallest absolute Gasteiger partial charge is 0.305 e. The number of ether oxygens (including phenoxy) is 3. The number of rotatable bonds is 24. The molecule has 2 unspecified atom stereocenters. The molecule has 1 aromatic heterocycles. The normalized spacial score (nSPS) is 12.7. The highest BCUT2D eigenvalue weighted by Crippen LogP contribution is 2.31. The number of carboxylic acid groups (broad SMARTS) is 1. The fourth-order valence-corrected chi connectivity index (χ4v) is 6.33. The third-order valence-electron chi connectivity index (χ3n) is 9.00. The number of benzene rings is 2. The fourth-order valence-electron chi connectivity index (χ4n) is 6.33. The number of aliphatic hydroxyl groups is 1. The van der Waals surface area contributed by atoms with Crippen molar-refractivity contribution in [3.63, 3.8) is 0 Å². The molecule has 1 heterocycles. The highest BCUT2D eigenvalue weighted by atomic mass is 16.5. The second kappa shape index (κ2) is 22.3. The number of nitrogens with zero attached hydrogens (tertiary/aromatic N) is 2. The van der Waals surface area contributed by atoms with E-state index >= 15 is 0 Å². The molecule has 286 valence electrons. The highest BCUT2D eigenvalue weighted by molar-refractivity contribution is 5.82. The van der Waals surface area contributed by atoms with Crippen LogP contribution in [-0.4, -0.2) is 97.9 Å². The van der Waals surface area contributed by atoms with E-state index in [4.69, 9.17) is 19.3 Å². The molecule has 11 heteroatoms. The minimum atomic E-state index is -1.03. The standard InChI is InChI=1S/C41H59N3O8/c1-29(2)10-11-37(44-15-13-33(26-38(44)46)12-14-43(6)16-18-50-20-22-52-23-21-51-19-17-45)41(49)42-36(28-39(47)48)34-8-7-9-35(27-34)40-31(4)24-30(3)25-32(40)5/h7-9,13,15,24-27,29,36-37,45H,10-12,14,16-23,28H2,1-6H3,(H,42,49)(H,47,48). The van der Waals surface area contributed by atoms with Gasteiger partial charge in [-0.1, -0.05) is 49.7 Å². The Morgan fingerprint density at radius 2 is 1.52 bits per heavy atom. The van der Waals surface area contributed by atoms with Gasteiger partial charge in [-0.2, -0.15) is 0 Å². The molecule has 2 aromatic carbocycles. The predicted molar refractivity (Wildman–Crippen MR) is 204 cm³/mol. The van der Waals surface area contributed by atoms with Gasteiger partial charge in [-0.05, 0) is 98.5 Å². The lowest BCUT2D eigenvalue weighted by atomic mass is 9.91. The molecule has 0 aliphatic rings. The summed E-state index contributed by atoms with van der Waals surface area (Å²) in [5, 5.41) is 21.6. The van der Waals surface area contributed by atoms with Crippen LogP contribution in [0.2, 0.25) is 0 Å². The van der Waals surface area contributed by atoms with Crippen LogP contribution < -0.4 is 10.9 Å². The van der Waals surface area contributed by atoms with E-state index < -0.39 is 18.1 Å². The predicted octanol–water partition coefficient (Wildman–Crippen LogP) is 5.27. The van der Waals surface area contributed by atoms with Crippen LogP contribution in [0.25, 0.3) is 11.1 Å². The molecule has 0 saturated carbocycles. The average Bonchev–Trinajstić information content (AvgIpc) is 3.08. The molecule has 0 aliphatic heterocycles. The van der Waals surface area contributed by atoms with E-state index in [-0.39, 0.29) is 24.5 Å². The van der Waals surface area contributed by atoms with Crippen molar-refractivity contribution in [3.05, 3.63) is 92.9 Å². The molecule has 11 nitrogen and oxygen atoms in total. The zero-order valence-corrected chi connectivity index (χ0v) is 31.9. The number of carbonyl (C=O) groups excluding carboxylic acids is 1. The number of likely N-dealkylation sites (N-methyl/N-ethyl adjacent to an activating group) is 1. The van der Waals surface area contributed by atoms with Crippen molar-refractivity contribution in [1.82, 2.24) is 14.8 Å². The highest BCUT2D eigenvalue weighted by Gasteiger charge is 2.26. The van der Waals surface area contributed by atoms with E-state index in [9.17, 15) is 19.5 Å². The molecule has 0 bridgehead atoms. The number of aliphatic hydroxyl groups excluding tert-OH is 1. The van der Waals surface area contributed by atoms with E-state index in [1.54, 1.807) is 12.3 Å². The molecule has 1 amide bonds. The van der Waals surface area contributed by atoms with Gasteiger partial charge in [0, 0.05) is 25.4 Å². The van der Waals surface area contributed by atoms with Gasteiger partial charge in [0.2, 0.25) is 5.91 Å². The summed E-state index contributed by atoms with van der Waals surface area (Å²) in [7, 11) is 2.00. The summed E-state index contributed by atoms with van der Waals surface area (Å²) < 4.78 is 17.7. The number of hydrogen-bond donors (Lipinski definition) is 3. The number of carbonyl (C=O) groups is 2. The minimum absolute atomic E-state index is 0.000576. The van der Waals surface area contributed by atoms with Gasteiger partial charge in [0.25, 0.3) is 5.56 Å². The Hall–Kier alpha value is -3.87. The van der Waals surface area contributed by atoms with E-state index in [2.05, 4.69) is 57.0 Å². The summed E-state index contributed by atoms with van der Waals surface area (Å²) in [6, 6.07) is 13.9. The Morgan fingerprint density at radius 3 is 2.13 bits per heavy atom. The lowest BCUT2D eigenvalue weighted by Crippen LogP contribution is -2.39. The molecular weight excluding hydrogens is 662 g/mol. The van der Waals surface area contributed by atoms with E-state index in [0.29, 0.717) is 64.0 Å². The van der Waals surface area contributed by atoms with Crippen LogP contribution in [0.15, 0.2) is 59.5 Å². The molecule has 3 aromatic rings. The van der Waals surface area contributed by atoms with Crippen molar-refractivity contribution >= 4 is 11.9 Å². The number of hydrogen-bond acceptors (Lipinski definition) is 8. The van der Waals surface area contributed by atoms with Crippen LogP contribution in [0.4, 0.5) is 0 Å². The van der Waals surface area contributed by atoms with Gasteiger partial charge in [0.05, 0.1) is 58.7 Å². The van der Waals surface area contributed by atoms with Crippen LogP contribution in [0, 0.1) is 26.7 Å². The largest absolute Gasteiger partial charge is 0.481 e. The zero-order valence-electron chi connectivity index (χ0n) is 31.9. The van der Waals surface area contributed by atoms with Crippen molar-refractivity contribution in [1.29, 1.82) is 0 Å². The second-order valence-corrected chi connectivity index (χ2v) is 13.9. The van der Waals surface area contributed by atoms with E-state index in [1.807, 2.05) is 37.4 Å². The molecule has 3 N–H and O–H groups in total. The monoisotopic (exact) mass is 721 g/mol. The van der Waals surface area contributed by atoms with Gasteiger partial charge < -0.3 is 39.2 Å². The molecule has 52 heavy (non-hydrogen) atoms. The Kier molecular flexibility index (Phi) is 18.2. The molecule has 0 aliphatic carbocycles. The lowest BCUT2D eigenvalue weighted by molar-refractivity contribution is -0.138. The zero-order chi connectivity index (χ0) is 38.0. The number of nitrogens with one attached hydrogen (secondary N) is 1. The third kappa shape index (κ3) is 14.3. The van der Waals surface area contributed by atoms with E-state index in [0.717, 1.165) is 47.3 Å². The molecular formula is C41H59N3O8. The van der Waals surface area contributed by atoms with Gasteiger partial charge in [-0.15, -0.1) is 0 Å². The van der Waals surface area contributed by atoms with Crippen LogP contribution in [0.3, 0.4) is 0 Å². The van der Waals surface area contributed by atoms with Gasteiger partial charge in [0.1, 0.15) is 6.04 Å². The quantitative estimate of drug-likeness (QED) is 0.106. The summed E-state index contributed by atoms with van der Waals surface area (Å²) in [4.78, 5) is 41.7. The van der Waals surface area contributed by atoms with Crippen LogP contribution in [-0.2, 0) is 30.2 Å². The Balaban J connectivity index is 1.67. The first kappa shape index (κ1) is 42.5. The summed E-state index contributed by atoms with van der Waals surface area (Å²) in [5.74, 6) is -1.10. The molecule has 0 fully saturated rings. The van der Waals surface area contributed by atoms with Crippen LogP contribution in [0.1, 0.15) is 73.0 Å². The summed E-state index contributed by atoms with van der Waals surface area (Å²) in [6.07, 6.45) is 3.21. The van der Waals surface area contributed by atoms with Gasteiger partial charge in [-0.3, -0.25) is 14.4 Å². The molecule has 0 saturated heterocycles. The first-order chi connectivity index (χ1) is 24.9. The van der Waals surface area contributed by atoms with Crippen molar-refractivity contribution in [2.75, 3.05) is 66.4 Å². The number of pyridine rings is 1. The topological polar surface area (TPSA) is 140 Å². The maximum atomic E-state index is 14.0. The third-order valence-corrected chi connectivity index (χ3v) is 9.00. The van der Waals surface area contributed by atoms with Crippen LogP contribution in [0.5, 0.6) is 0 Å². The fraction of sp³-hybridized carbons (Fsp3) is 0.537. The Morgan fingerprint density at radius 1 is 0.865 bits per heavy atom. The van der Waals surface area contributed by atoms with Crippen LogP contribution >= 0.6 is 0 Å².